The fourth-order valence-corrected chi connectivity index (χ4v) is 2.12. The van der Waals surface area contributed by atoms with Gasteiger partial charge in [0.25, 0.3) is 5.91 Å². The molecule has 0 saturated carbocycles. The van der Waals surface area contributed by atoms with Gasteiger partial charge in [0.2, 0.25) is 5.89 Å². The molecule has 1 aromatic heterocycles. The van der Waals surface area contributed by atoms with E-state index in [0.29, 0.717) is 18.0 Å². The number of carbonyl (C=O) groups is 1. The highest BCUT2D eigenvalue weighted by atomic mass is 16.4. The summed E-state index contributed by atoms with van der Waals surface area (Å²) in [5.41, 5.74) is 3.16. The molecule has 1 heterocycles. The second-order valence-electron chi connectivity index (χ2n) is 5.06. The Morgan fingerprint density at radius 3 is 2.73 bits per heavy atom. The molecule has 118 valence electrons. The second-order valence-corrected chi connectivity index (χ2v) is 5.06. The zero-order valence-electron chi connectivity index (χ0n) is 13.1. The van der Waals surface area contributed by atoms with Gasteiger partial charge in [0.15, 0.2) is 0 Å². The highest BCUT2D eigenvalue weighted by molar-refractivity contribution is 5.97. The standard InChI is InChI=1S/C16H21N3O3/c1-10-13(16(21)17-7-8-20)5-4-6-14(10)18-9-15-19-11(2)12(3)22-15/h4-6,18,20H,7-9H2,1-3H3,(H,17,21). The van der Waals surface area contributed by atoms with E-state index in [1.807, 2.05) is 32.9 Å². The molecule has 6 nitrogen and oxygen atoms in total. The summed E-state index contributed by atoms with van der Waals surface area (Å²) in [6.45, 7) is 6.28. The van der Waals surface area contributed by atoms with Crippen molar-refractivity contribution in [1.29, 1.82) is 0 Å². The molecule has 0 aliphatic carbocycles. The van der Waals surface area contributed by atoms with E-state index in [-0.39, 0.29) is 19.1 Å². The van der Waals surface area contributed by atoms with Gasteiger partial charge in [-0.15, -0.1) is 0 Å². The largest absolute Gasteiger partial charge is 0.444 e. The molecular formula is C16H21N3O3. The predicted octanol–water partition coefficient (Wildman–Crippen LogP) is 1.93. The number of benzene rings is 1. The first kappa shape index (κ1) is 16.0. The molecule has 2 aromatic rings. The summed E-state index contributed by atoms with van der Waals surface area (Å²) in [6.07, 6.45) is 0. The lowest BCUT2D eigenvalue weighted by molar-refractivity contribution is 0.0944. The maximum Gasteiger partial charge on any atom is 0.251 e. The third-order valence-corrected chi connectivity index (χ3v) is 3.48. The number of hydrogen-bond acceptors (Lipinski definition) is 5. The summed E-state index contributed by atoms with van der Waals surface area (Å²) in [7, 11) is 0. The number of anilines is 1. The fraction of sp³-hybridized carbons (Fsp3) is 0.375. The number of nitrogens with one attached hydrogen (secondary N) is 2. The number of oxazole rings is 1. The Morgan fingerprint density at radius 2 is 2.09 bits per heavy atom. The van der Waals surface area contributed by atoms with Gasteiger partial charge >= 0.3 is 0 Å². The van der Waals surface area contributed by atoms with Crippen LogP contribution in [0.25, 0.3) is 0 Å². The third kappa shape index (κ3) is 3.65. The number of aryl methyl sites for hydroxylation is 2. The molecule has 0 atom stereocenters. The Balaban J connectivity index is 2.09. The van der Waals surface area contributed by atoms with Gasteiger partial charge < -0.3 is 20.2 Å². The van der Waals surface area contributed by atoms with E-state index in [0.717, 1.165) is 22.7 Å². The minimum absolute atomic E-state index is 0.0778. The lowest BCUT2D eigenvalue weighted by Crippen LogP contribution is -2.27. The normalized spacial score (nSPS) is 10.5. The molecule has 3 N–H and O–H groups in total. The summed E-state index contributed by atoms with van der Waals surface area (Å²) in [6, 6.07) is 5.47. The predicted molar refractivity (Wildman–Crippen MR) is 83.9 cm³/mol. The van der Waals surface area contributed by atoms with Crippen LogP contribution < -0.4 is 10.6 Å². The molecule has 0 unspecified atom stereocenters. The summed E-state index contributed by atoms with van der Waals surface area (Å²) >= 11 is 0. The van der Waals surface area contributed by atoms with Crippen molar-refractivity contribution in [3.05, 3.63) is 46.7 Å². The van der Waals surface area contributed by atoms with E-state index < -0.39 is 0 Å². The zero-order chi connectivity index (χ0) is 16.1. The quantitative estimate of drug-likeness (QED) is 0.759. The molecule has 0 radical (unpaired) electrons. The smallest absolute Gasteiger partial charge is 0.251 e. The van der Waals surface area contributed by atoms with Crippen molar-refractivity contribution in [3.63, 3.8) is 0 Å². The third-order valence-electron chi connectivity index (χ3n) is 3.48. The van der Waals surface area contributed by atoms with Crippen molar-refractivity contribution in [2.75, 3.05) is 18.5 Å². The molecule has 0 aliphatic heterocycles. The van der Waals surface area contributed by atoms with Gasteiger partial charge in [-0.25, -0.2) is 4.98 Å². The molecule has 1 aromatic carbocycles. The van der Waals surface area contributed by atoms with Crippen LogP contribution in [0.5, 0.6) is 0 Å². The second kappa shape index (κ2) is 7.09. The molecule has 0 saturated heterocycles. The van der Waals surface area contributed by atoms with E-state index >= 15 is 0 Å². The number of hydrogen-bond donors (Lipinski definition) is 3. The van der Waals surface area contributed by atoms with Crippen molar-refractivity contribution in [1.82, 2.24) is 10.3 Å². The van der Waals surface area contributed by atoms with Gasteiger partial charge in [-0.2, -0.15) is 0 Å². The van der Waals surface area contributed by atoms with Gasteiger partial charge in [-0.3, -0.25) is 4.79 Å². The highest BCUT2D eigenvalue weighted by Crippen LogP contribution is 2.20. The SMILES string of the molecule is Cc1nc(CNc2cccc(C(=O)NCCO)c2C)oc1C. The van der Waals surface area contributed by atoms with E-state index in [1.54, 1.807) is 6.07 Å². The number of carbonyl (C=O) groups excluding carboxylic acids is 1. The van der Waals surface area contributed by atoms with Crippen LogP contribution in [0.2, 0.25) is 0 Å². The van der Waals surface area contributed by atoms with Gasteiger partial charge in [0.1, 0.15) is 5.76 Å². The first-order valence-corrected chi connectivity index (χ1v) is 7.18. The minimum atomic E-state index is -0.196. The molecule has 0 spiro atoms. The summed E-state index contributed by atoms with van der Waals surface area (Å²) in [4.78, 5) is 16.3. The Bertz CT molecular complexity index is 645. The van der Waals surface area contributed by atoms with Crippen molar-refractivity contribution >= 4 is 11.6 Å². The molecule has 22 heavy (non-hydrogen) atoms. The molecular weight excluding hydrogens is 282 g/mol. The minimum Gasteiger partial charge on any atom is -0.444 e. The average molecular weight is 303 g/mol. The van der Waals surface area contributed by atoms with Crippen LogP contribution in [-0.4, -0.2) is 29.1 Å². The van der Waals surface area contributed by atoms with E-state index in [1.165, 1.54) is 0 Å². The average Bonchev–Trinajstić information content (AvgIpc) is 2.82. The van der Waals surface area contributed by atoms with Gasteiger partial charge in [-0.1, -0.05) is 6.07 Å². The number of aliphatic hydroxyl groups is 1. The summed E-state index contributed by atoms with van der Waals surface area (Å²) in [5.74, 6) is 1.23. The number of nitrogens with zero attached hydrogens (tertiary/aromatic N) is 1. The molecule has 0 aliphatic rings. The number of aliphatic hydroxyl groups excluding tert-OH is 1. The van der Waals surface area contributed by atoms with Crippen molar-refractivity contribution < 1.29 is 14.3 Å². The fourth-order valence-electron chi connectivity index (χ4n) is 2.12. The van der Waals surface area contributed by atoms with Crippen LogP contribution in [0.3, 0.4) is 0 Å². The van der Waals surface area contributed by atoms with Crippen LogP contribution in [0, 0.1) is 20.8 Å². The summed E-state index contributed by atoms with van der Waals surface area (Å²) in [5, 5.41) is 14.7. The van der Waals surface area contributed by atoms with Gasteiger partial charge in [0, 0.05) is 17.8 Å². The number of aromatic nitrogens is 1. The van der Waals surface area contributed by atoms with Crippen LogP contribution in [0.1, 0.15) is 33.3 Å². The lowest BCUT2D eigenvalue weighted by atomic mass is 10.1. The van der Waals surface area contributed by atoms with Gasteiger partial charge in [-0.05, 0) is 38.5 Å². The van der Waals surface area contributed by atoms with Crippen molar-refractivity contribution in [2.45, 2.75) is 27.3 Å². The molecule has 0 fully saturated rings. The Kier molecular flexibility index (Phi) is 5.16. The Morgan fingerprint density at radius 1 is 1.32 bits per heavy atom. The van der Waals surface area contributed by atoms with Crippen LogP contribution >= 0.6 is 0 Å². The molecule has 0 bridgehead atoms. The molecule has 6 heteroatoms. The summed E-state index contributed by atoms with van der Waals surface area (Å²) < 4.78 is 5.53. The van der Waals surface area contributed by atoms with Crippen LogP contribution in [-0.2, 0) is 6.54 Å². The van der Waals surface area contributed by atoms with Crippen molar-refractivity contribution in [2.24, 2.45) is 0 Å². The first-order valence-electron chi connectivity index (χ1n) is 7.18. The first-order chi connectivity index (χ1) is 10.5. The maximum absolute atomic E-state index is 12.0. The number of rotatable bonds is 6. The van der Waals surface area contributed by atoms with Crippen molar-refractivity contribution in [3.8, 4) is 0 Å². The van der Waals surface area contributed by atoms with E-state index in [2.05, 4.69) is 15.6 Å². The Labute approximate surface area is 129 Å². The van der Waals surface area contributed by atoms with Crippen LogP contribution in [0.15, 0.2) is 22.6 Å². The Hall–Kier alpha value is -2.34. The van der Waals surface area contributed by atoms with Gasteiger partial charge in [0.05, 0.1) is 18.8 Å². The zero-order valence-corrected chi connectivity index (χ0v) is 13.1. The topological polar surface area (TPSA) is 87.4 Å². The number of amides is 1. The molecule has 1 amide bonds. The van der Waals surface area contributed by atoms with E-state index in [9.17, 15) is 4.79 Å². The highest BCUT2D eigenvalue weighted by Gasteiger charge is 2.12. The van der Waals surface area contributed by atoms with Crippen LogP contribution in [0.4, 0.5) is 5.69 Å². The lowest BCUT2D eigenvalue weighted by Gasteiger charge is -2.12. The van der Waals surface area contributed by atoms with E-state index in [4.69, 9.17) is 9.52 Å². The molecule has 2 rings (SSSR count). The maximum atomic E-state index is 12.0. The monoisotopic (exact) mass is 303 g/mol.